The summed E-state index contributed by atoms with van der Waals surface area (Å²) in [6.07, 6.45) is 3.33. The number of carbonyl (C=O) groups is 2. The van der Waals surface area contributed by atoms with E-state index >= 15 is 0 Å². The molecule has 226 valence electrons. The average molecular weight is 612 g/mol. The van der Waals surface area contributed by atoms with E-state index in [2.05, 4.69) is 46.7 Å². The number of anilines is 4. The van der Waals surface area contributed by atoms with Crippen LogP contribution < -0.4 is 25.4 Å². The average Bonchev–Trinajstić information content (AvgIpc) is 3.47. The van der Waals surface area contributed by atoms with E-state index in [1.165, 1.54) is 18.4 Å². The van der Waals surface area contributed by atoms with Gasteiger partial charge in [0.2, 0.25) is 0 Å². The van der Waals surface area contributed by atoms with Gasteiger partial charge >= 0.3 is 12.0 Å². The van der Waals surface area contributed by atoms with Crippen molar-refractivity contribution in [1.29, 1.82) is 0 Å². The summed E-state index contributed by atoms with van der Waals surface area (Å²) in [6, 6.07) is 18.3. The van der Waals surface area contributed by atoms with E-state index in [0.29, 0.717) is 39.4 Å². The normalized spacial score (nSPS) is 11.1. The molecular formula is C33H33N5O5S. The van der Waals surface area contributed by atoms with Gasteiger partial charge in [0, 0.05) is 28.5 Å². The molecule has 0 atom stereocenters. The smallest absolute Gasteiger partial charge is 0.357 e. The van der Waals surface area contributed by atoms with Crippen LogP contribution in [0.1, 0.15) is 43.7 Å². The van der Waals surface area contributed by atoms with Crippen LogP contribution in [0.15, 0.2) is 78.4 Å². The fourth-order valence-electron chi connectivity index (χ4n) is 4.49. The van der Waals surface area contributed by atoms with E-state index in [9.17, 15) is 9.59 Å². The van der Waals surface area contributed by atoms with Gasteiger partial charge in [-0.05, 0) is 54.3 Å². The van der Waals surface area contributed by atoms with Gasteiger partial charge in [0.15, 0.2) is 16.6 Å². The number of amides is 2. The van der Waals surface area contributed by atoms with Gasteiger partial charge < -0.3 is 30.2 Å². The molecule has 0 saturated carbocycles. The predicted octanol–water partition coefficient (Wildman–Crippen LogP) is 8.35. The molecule has 2 aromatic heterocycles. The second-order valence-electron chi connectivity index (χ2n) is 10.8. The van der Waals surface area contributed by atoms with Crippen LogP contribution in [-0.4, -0.2) is 35.7 Å². The summed E-state index contributed by atoms with van der Waals surface area (Å²) in [5.41, 5.74) is 2.56. The van der Waals surface area contributed by atoms with Crippen molar-refractivity contribution in [1.82, 2.24) is 9.97 Å². The van der Waals surface area contributed by atoms with Crippen molar-refractivity contribution in [2.75, 3.05) is 29.7 Å². The number of fused-ring (bicyclic) bond motifs is 1. The number of thiazole rings is 1. The van der Waals surface area contributed by atoms with Crippen LogP contribution in [0.25, 0.3) is 10.8 Å². The number of rotatable bonds is 9. The lowest BCUT2D eigenvalue weighted by atomic mass is 9.86. The van der Waals surface area contributed by atoms with E-state index in [4.69, 9.17) is 14.2 Å². The third-order valence-electron chi connectivity index (χ3n) is 6.65. The number of methoxy groups -OCH3 is 1. The number of esters is 1. The maximum Gasteiger partial charge on any atom is 0.357 e. The van der Waals surface area contributed by atoms with E-state index in [-0.39, 0.29) is 17.7 Å². The standard InChI is InChI=1S/C33H33N5O5S/c1-6-42-30(39)27-19-44-32(38-27)37-26-18-20(33(2,3)4)17-25(29(26)41-5)36-31(40)35-24-11-12-28(23-10-8-7-9-22(23)24)43-21-13-15-34-16-14-21/h7-19H,6H2,1-5H3,(H,37,38)(H2,35,36,40). The van der Waals surface area contributed by atoms with Gasteiger partial charge in [-0.15, -0.1) is 11.3 Å². The first-order valence-electron chi connectivity index (χ1n) is 14.0. The zero-order valence-electron chi connectivity index (χ0n) is 25.1. The van der Waals surface area contributed by atoms with Gasteiger partial charge in [0.1, 0.15) is 11.5 Å². The summed E-state index contributed by atoms with van der Waals surface area (Å²) >= 11 is 1.26. The largest absolute Gasteiger partial charge is 0.492 e. The van der Waals surface area contributed by atoms with Crippen molar-refractivity contribution in [2.45, 2.75) is 33.1 Å². The van der Waals surface area contributed by atoms with Crippen molar-refractivity contribution < 1.29 is 23.8 Å². The van der Waals surface area contributed by atoms with Gasteiger partial charge in [-0.1, -0.05) is 45.0 Å². The monoisotopic (exact) mass is 611 g/mol. The number of nitrogens with zero attached hydrogens (tertiary/aromatic N) is 2. The lowest BCUT2D eigenvalue weighted by Gasteiger charge is -2.24. The van der Waals surface area contributed by atoms with Crippen molar-refractivity contribution in [3.05, 3.63) is 89.7 Å². The number of hydrogen-bond donors (Lipinski definition) is 3. The molecule has 5 aromatic rings. The molecule has 0 saturated heterocycles. The topological polar surface area (TPSA) is 124 Å². The van der Waals surface area contributed by atoms with Crippen LogP contribution in [0, 0.1) is 0 Å². The molecule has 0 radical (unpaired) electrons. The SMILES string of the molecule is CCOC(=O)c1csc(Nc2cc(C(C)(C)C)cc(NC(=O)Nc3ccc(Oc4ccncc4)c4ccccc34)c2OC)n1. The summed E-state index contributed by atoms with van der Waals surface area (Å²) < 4.78 is 16.9. The number of ether oxygens (including phenoxy) is 3. The Bertz CT molecular complexity index is 1800. The molecule has 2 amide bonds. The highest BCUT2D eigenvalue weighted by Crippen LogP contribution is 2.41. The Balaban J connectivity index is 1.43. The van der Waals surface area contributed by atoms with Gasteiger partial charge in [-0.25, -0.2) is 14.6 Å². The number of benzene rings is 3. The van der Waals surface area contributed by atoms with Crippen molar-refractivity contribution in [3.63, 3.8) is 0 Å². The summed E-state index contributed by atoms with van der Waals surface area (Å²) in [7, 11) is 1.53. The van der Waals surface area contributed by atoms with Crippen LogP contribution in [0.2, 0.25) is 0 Å². The Morgan fingerprint density at radius 3 is 2.32 bits per heavy atom. The molecule has 5 rings (SSSR count). The van der Waals surface area contributed by atoms with E-state index in [1.54, 1.807) is 42.9 Å². The molecule has 0 fully saturated rings. The molecule has 0 spiro atoms. The Kier molecular flexibility index (Phi) is 8.96. The van der Waals surface area contributed by atoms with Crippen molar-refractivity contribution in [3.8, 4) is 17.2 Å². The molecule has 10 nitrogen and oxygen atoms in total. The Morgan fingerprint density at radius 2 is 1.61 bits per heavy atom. The Labute approximate surface area is 259 Å². The second kappa shape index (κ2) is 13.0. The molecular weight excluding hydrogens is 578 g/mol. The second-order valence-corrected chi connectivity index (χ2v) is 11.6. The van der Waals surface area contributed by atoms with Crippen LogP contribution in [0.4, 0.5) is 27.0 Å². The van der Waals surface area contributed by atoms with Gasteiger partial charge in [-0.2, -0.15) is 0 Å². The number of carbonyl (C=O) groups excluding carboxylic acids is 2. The molecule has 0 unspecified atom stereocenters. The molecule has 0 aliphatic heterocycles. The van der Waals surface area contributed by atoms with Crippen molar-refractivity contribution >= 4 is 56.3 Å². The van der Waals surface area contributed by atoms with E-state index < -0.39 is 12.0 Å². The van der Waals surface area contributed by atoms with Gasteiger partial charge in [0.05, 0.1) is 30.8 Å². The van der Waals surface area contributed by atoms with E-state index in [0.717, 1.165) is 16.3 Å². The molecule has 3 aromatic carbocycles. The van der Waals surface area contributed by atoms with Gasteiger partial charge in [0.25, 0.3) is 0 Å². The zero-order valence-corrected chi connectivity index (χ0v) is 25.9. The molecule has 11 heteroatoms. The Morgan fingerprint density at radius 1 is 0.909 bits per heavy atom. The fourth-order valence-corrected chi connectivity index (χ4v) is 5.18. The highest BCUT2D eigenvalue weighted by molar-refractivity contribution is 7.14. The summed E-state index contributed by atoms with van der Waals surface area (Å²) in [6.45, 7) is 8.23. The molecule has 0 aliphatic rings. The van der Waals surface area contributed by atoms with Gasteiger partial charge in [-0.3, -0.25) is 4.98 Å². The first kappa shape index (κ1) is 30.3. The molecule has 44 heavy (non-hydrogen) atoms. The van der Waals surface area contributed by atoms with Crippen LogP contribution in [0.5, 0.6) is 17.2 Å². The van der Waals surface area contributed by atoms with Crippen molar-refractivity contribution in [2.24, 2.45) is 0 Å². The highest BCUT2D eigenvalue weighted by Gasteiger charge is 2.22. The lowest BCUT2D eigenvalue weighted by Crippen LogP contribution is -2.21. The first-order chi connectivity index (χ1) is 21.2. The van der Waals surface area contributed by atoms with Crippen LogP contribution >= 0.6 is 11.3 Å². The van der Waals surface area contributed by atoms with Crippen LogP contribution in [0.3, 0.4) is 0 Å². The molecule has 3 N–H and O–H groups in total. The molecule has 2 heterocycles. The Hall–Kier alpha value is -5.16. The third kappa shape index (κ3) is 6.90. The number of aromatic nitrogens is 2. The zero-order chi connectivity index (χ0) is 31.3. The minimum Gasteiger partial charge on any atom is -0.492 e. The highest BCUT2D eigenvalue weighted by atomic mass is 32.1. The summed E-state index contributed by atoms with van der Waals surface area (Å²) in [5.74, 6) is 1.23. The predicted molar refractivity (Wildman–Crippen MR) is 174 cm³/mol. The number of urea groups is 1. The lowest BCUT2D eigenvalue weighted by molar-refractivity contribution is 0.0520. The summed E-state index contributed by atoms with van der Waals surface area (Å²) in [5, 5.41) is 13.0. The minimum absolute atomic E-state index is 0.215. The molecule has 0 aliphatic carbocycles. The molecule has 0 bridgehead atoms. The number of nitrogens with one attached hydrogen (secondary N) is 3. The minimum atomic E-state index is -0.490. The third-order valence-corrected chi connectivity index (χ3v) is 7.41. The number of pyridine rings is 1. The van der Waals surface area contributed by atoms with Crippen LogP contribution in [-0.2, 0) is 10.2 Å². The van der Waals surface area contributed by atoms with E-state index in [1.807, 2.05) is 42.5 Å². The fraction of sp³-hybridized carbons (Fsp3) is 0.212. The number of hydrogen-bond acceptors (Lipinski definition) is 9. The first-order valence-corrected chi connectivity index (χ1v) is 14.8. The maximum atomic E-state index is 13.4. The summed E-state index contributed by atoms with van der Waals surface area (Å²) in [4.78, 5) is 34.0. The quantitative estimate of drug-likeness (QED) is 0.142. The maximum absolute atomic E-state index is 13.4.